The third kappa shape index (κ3) is 3.97. The number of hydrogen-bond donors (Lipinski definition) is 2. The summed E-state index contributed by atoms with van der Waals surface area (Å²) in [7, 11) is 0. The fourth-order valence-corrected chi connectivity index (χ4v) is 1.42. The first-order chi connectivity index (χ1) is 7.69. The Labute approximate surface area is 95.1 Å². The molecule has 0 amide bonds. The van der Waals surface area contributed by atoms with Crippen molar-refractivity contribution in [3.05, 3.63) is 0 Å². The number of aliphatic hydroxyl groups is 2. The van der Waals surface area contributed by atoms with Crippen LogP contribution in [0, 0.1) is 0 Å². The molecule has 0 aromatic carbocycles. The van der Waals surface area contributed by atoms with Crippen LogP contribution in [0.25, 0.3) is 0 Å². The highest BCUT2D eigenvalue weighted by Crippen LogP contribution is 2.14. The highest BCUT2D eigenvalue weighted by atomic mass is 16.7. The van der Waals surface area contributed by atoms with Crippen LogP contribution >= 0.6 is 0 Å². The molecule has 1 saturated heterocycles. The maximum Gasteiger partial charge on any atom is 0.183 e. The van der Waals surface area contributed by atoms with Gasteiger partial charge in [-0.2, -0.15) is 0 Å². The molecular weight excluding hydrogens is 216 g/mol. The van der Waals surface area contributed by atoms with E-state index in [1.165, 1.54) is 0 Å². The van der Waals surface area contributed by atoms with E-state index in [-0.39, 0.29) is 13.2 Å². The third-order valence-corrected chi connectivity index (χ3v) is 2.26. The van der Waals surface area contributed by atoms with E-state index in [1.54, 1.807) is 13.8 Å². The fourth-order valence-electron chi connectivity index (χ4n) is 1.42. The molecule has 2 N–H and O–H groups in total. The molecular formula is C10H20O6. The molecule has 96 valence electrons. The minimum absolute atomic E-state index is 0.177. The van der Waals surface area contributed by atoms with E-state index in [9.17, 15) is 10.2 Å². The summed E-state index contributed by atoms with van der Waals surface area (Å²) in [5, 5.41) is 19.0. The summed E-state index contributed by atoms with van der Waals surface area (Å²) < 4.78 is 20.6. The largest absolute Gasteiger partial charge is 0.368 e. The molecule has 1 aliphatic rings. The van der Waals surface area contributed by atoms with Gasteiger partial charge in [-0.3, -0.25) is 0 Å². The molecule has 6 heteroatoms. The third-order valence-electron chi connectivity index (χ3n) is 2.26. The van der Waals surface area contributed by atoms with Gasteiger partial charge in [0.05, 0.1) is 13.2 Å². The average Bonchev–Trinajstić information content (AvgIpc) is 2.30. The molecule has 0 saturated carbocycles. The van der Waals surface area contributed by atoms with Gasteiger partial charge in [0, 0.05) is 13.2 Å². The van der Waals surface area contributed by atoms with Crippen LogP contribution in [0.4, 0.5) is 0 Å². The lowest BCUT2D eigenvalue weighted by molar-refractivity contribution is -0.269. The van der Waals surface area contributed by atoms with Crippen LogP contribution in [0.1, 0.15) is 13.8 Å². The van der Waals surface area contributed by atoms with Crippen LogP contribution < -0.4 is 0 Å². The van der Waals surface area contributed by atoms with Crippen molar-refractivity contribution in [1.29, 1.82) is 0 Å². The van der Waals surface area contributed by atoms with E-state index in [2.05, 4.69) is 0 Å². The Balaban J connectivity index is 2.27. The van der Waals surface area contributed by atoms with Crippen LogP contribution in [0.5, 0.6) is 0 Å². The van der Waals surface area contributed by atoms with Crippen molar-refractivity contribution in [2.45, 2.75) is 38.6 Å². The Bertz CT molecular complexity index is 160. The molecule has 6 nitrogen and oxygen atoms in total. The molecule has 4 atom stereocenters. The minimum Gasteiger partial charge on any atom is -0.368 e. The Morgan fingerprint density at radius 2 is 1.38 bits per heavy atom. The topological polar surface area (TPSA) is 77.4 Å². The Morgan fingerprint density at radius 3 is 1.62 bits per heavy atom. The van der Waals surface area contributed by atoms with E-state index in [0.29, 0.717) is 13.2 Å². The van der Waals surface area contributed by atoms with E-state index in [1.807, 2.05) is 0 Å². The summed E-state index contributed by atoms with van der Waals surface area (Å²) in [6, 6.07) is 0. The van der Waals surface area contributed by atoms with Gasteiger partial charge in [0.2, 0.25) is 0 Å². The second-order valence-electron chi connectivity index (χ2n) is 3.44. The van der Waals surface area contributed by atoms with Gasteiger partial charge in [0.25, 0.3) is 0 Å². The molecule has 0 aromatic heterocycles. The van der Waals surface area contributed by atoms with Crippen molar-refractivity contribution in [3.8, 4) is 0 Å². The summed E-state index contributed by atoms with van der Waals surface area (Å²) >= 11 is 0. The normalized spacial score (nSPS) is 30.0. The second-order valence-corrected chi connectivity index (χ2v) is 3.44. The number of ether oxygens (including phenoxy) is 4. The van der Waals surface area contributed by atoms with Crippen molar-refractivity contribution in [2.75, 3.05) is 26.4 Å². The molecule has 1 heterocycles. The minimum atomic E-state index is -0.991. The zero-order valence-corrected chi connectivity index (χ0v) is 9.67. The van der Waals surface area contributed by atoms with Crippen LogP contribution in [0.3, 0.4) is 0 Å². The first kappa shape index (κ1) is 13.8. The van der Waals surface area contributed by atoms with Gasteiger partial charge in [-0.15, -0.1) is 0 Å². The molecule has 1 fully saturated rings. The van der Waals surface area contributed by atoms with Crippen molar-refractivity contribution < 1.29 is 29.2 Å². The molecule has 1 aliphatic heterocycles. The highest BCUT2D eigenvalue weighted by molar-refractivity contribution is 4.71. The SMILES string of the molecule is CCOC(O)C1COC(C(O)OCC)CO1. The maximum atomic E-state index is 9.48. The Kier molecular flexibility index (Phi) is 6.18. The molecule has 0 bridgehead atoms. The number of rotatable bonds is 6. The van der Waals surface area contributed by atoms with Crippen molar-refractivity contribution in [1.82, 2.24) is 0 Å². The van der Waals surface area contributed by atoms with Crippen LogP contribution in [0.2, 0.25) is 0 Å². The van der Waals surface area contributed by atoms with Gasteiger partial charge in [-0.25, -0.2) is 0 Å². The number of hydrogen-bond acceptors (Lipinski definition) is 6. The molecule has 0 spiro atoms. The Hall–Kier alpha value is -0.240. The Morgan fingerprint density at radius 1 is 1.00 bits per heavy atom. The average molecular weight is 236 g/mol. The van der Waals surface area contributed by atoms with Crippen molar-refractivity contribution in [2.24, 2.45) is 0 Å². The predicted octanol–water partition coefficient (Wildman–Crippen LogP) is -0.520. The lowest BCUT2D eigenvalue weighted by atomic mass is 10.2. The molecule has 0 aromatic rings. The summed E-state index contributed by atoms with van der Waals surface area (Å²) in [4.78, 5) is 0. The summed E-state index contributed by atoms with van der Waals surface area (Å²) in [6.07, 6.45) is -3.00. The number of aliphatic hydroxyl groups excluding tert-OH is 2. The summed E-state index contributed by atoms with van der Waals surface area (Å²) in [5.41, 5.74) is 0. The quantitative estimate of drug-likeness (QED) is 0.604. The van der Waals surface area contributed by atoms with Gasteiger partial charge in [0.1, 0.15) is 12.2 Å². The smallest absolute Gasteiger partial charge is 0.183 e. The molecule has 0 aliphatic carbocycles. The van der Waals surface area contributed by atoms with Crippen molar-refractivity contribution in [3.63, 3.8) is 0 Å². The molecule has 4 unspecified atom stereocenters. The molecule has 0 radical (unpaired) electrons. The monoisotopic (exact) mass is 236 g/mol. The first-order valence-electron chi connectivity index (χ1n) is 5.51. The van der Waals surface area contributed by atoms with Crippen LogP contribution in [0.15, 0.2) is 0 Å². The molecule has 1 rings (SSSR count). The van der Waals surface area contributed by atoms with Crippen molar-refractivity contribution >= 4 is 0 Å². The van der Waals surface area contributed by atoms with Crippen LogP contribution in [-0.4, -0.2) is 61.4 Å². The van der Waals surface area contributed by atoms with E-state index < -0.39 is 24.8 Å². The van der Waals surface area contributed by atoms with Gasteiger partial charge in [-0.05, 0) is 13.8 Å². The van der Waals surface area contributed by atoms with E-state index >= 15 is 0 Å². The second kappa shape index (κ2) is 7.16. The van der Waals surface area contributed by atoms with Gasteiger partial charge >= 0.3 is 0 Å². The van der Waals surface area contributed by atoms with E-state index in [4.69, 9.17) is 18.9 Å². The standard InChI is InChI=1S/C10H20O6/c1-3-13-9(11)7-5-16-8(6-15-7)10(12)14-4-2/h7-12H,3-6H2,1-2H3. The lowest BCUT2D eigenvalue weighted by Gasteiger charge is -2.33. The predicted molar refractivity (Wildman–Crippen MR) is 54.7 cm³/mol. The van der Waals surface area contributed by atoms with E-state index in [0.717, 1.165) is 0 Å². The van der Waals surface area contributed by atoms with Gasteiger partial charge in [0.15, 0.2) is 12.6 Å². The zero-order valence-electron chi connectivity index (χ0n) is 9.67. The first-order valence-corrected chi connectivity index (χ1v) is 5.51. The fraction of sp³-hybridized carbons (Fsp3) is 1.00. The zero-order chi connectivity index (χ0) is 12.0. The molecule has 16 heavy (non-hydrogen) atoms. The maximum absolute atomic E-state index is 9.48. The summed E-state index contributed by atoms with van der Waals surface area (Å²) in [6.45, 7) is 4.74. The van der Waals surface area contributed by atoms with Gasteiger partial charge < -0.3 is 29.2 Å². The van der Waals surface area contributed by atoms with Crippen LogP contribution in [-0.2, 0) is 18.9 Å². The van der Waals surface area contributed by atoms with Gasteiger partial charge in [-0.1, -0.05) is 0 Å². The summed E-state index contributed by atoms with van der Waals surface area (Å²) in [5.74, 6) is 0. The highest BCUT2D eigenvalue weighted by Gasteiger charge is 2.32. The lowest BCUT2D eigenvalue weighted by Crippen LogP contribution is -2.48.